The highest BCUT2D eigenvalue weighted by atomic mass is 15.1. The van der Waals surface area contributed by atoms with Crippen LogP contribution in [0.25, 0.3) is 44.5 Å². The third-order valence-electron chi connectivity index (χ3n) is 12.7. The molecule has 52 heavy (non-hydrogen) atoms. The molecule has 252 valence electrons. The molecule has 0 aromatic heterocycles. The standard InChI is InChI=1S/C51H43N/c1-49(2)40-19-11-8-16-37(40)47-42(49)21-13-23-45(47)52(46-24-14-22-43-48(46)38-17-9-12-20-41(38)50(43,3)4)34-28-25-32(26-29-34)33-27-30-36-35-15-7-10-18-39(35)51(5,6)44(36)31-33/h7-31H,1-6H3. The number of anilines is 3. The Balaban J connectivity index is 1.17. The van der Waals surface area contributed by atoms with Crippen molar-refractivity contribution in [1.29, 1.82) is 0 Å². The number of hydrogen-bond donors (Lipinski definition) is 0. The Bertz CT molecular complexity index is 2490. The monoisotopic (exact) mass is 669 g/mol. The zero-order valence-electron chi connectivity index (χ0n) is 30.9. The highest BCUT2D eigenvalue weighted by molar-refractivity contribution is 6.00. The molecule has 0 radical (unpaired) electrons. The highest BCUT2D eigenvalue weighted by Gasteiger charge is 2.41. The third-order valence-corrected chi connectivity index (χ3v) is 12.7. The molecule has 0 unspecified atom stereocenters. The first-order valence-corrected chi connectivity index (χ1v) is 18.7. The van der Waals surface area contributed by atoms with Crippen molar-refractivity contribution in [2.75, 3.05) is 4.90 Å². The van der Waals surface area contributed by atoms with Crippen LogP contribution in [0.5, 0.6) is 0 Å². The first-order valence-electron chi connectivity index (χ1n) is 18.7. The van der Waals surface area contributed by atoms with E-state index in [0.29, 0.717) is 0 Å². The van der Waals surface area contributed by atoms with Crippen LogP contribution in [-0.4, -0.2) is 0 Å². The lowest BCUT2D eigenvalue weighted by atomic mass is 9.81. The molecule has 0 atom stereocenters. The normalized spacial score (nSPS) is 16.0. The Labute approximate surface area is 308 Å². The second-order valence-electron chi connectivity index (χ2n) is 16.6. The average molecular weight is 670 g/mol. The smallest absolute Gasteiger partial charge is 0.0543 e. The summed E-state index contributed by atoms with van der Waals surface area (Å²) in [6.45, 7) is 14.2. The van der Waals surface area contributed by atoms with Crippen LogP contribution >= 0.6 is 0 Å². The Morgan fingerprint density at radius 3 is 1.27 bits per heavy atom. The number of nitrogens with zero attached hydrogens (tertiary/aromatic N) is 1. The van der Waals surface area contributed by atoms with E-state index >= 15 is 0 Å². The van der Waals surface area contributed by atoms with E-state index in [1.807, 2.05) is 0 Å². The first kappa shape index (κ1) is 31.1. The molecule has 0 heterocycles. The van der Waals surface area contributed by atoms with E-state index in [0.717, 1.165) is 5.69 Å². The van der Waals surface area contributed by atoms with E-state index < -0.39 is 0 Å². The summed E-state index contributed by atoms with van der Waals surface area (Å²) in [7, 11) is 0. The number of benzene rings is 7. The maximum atomic E-state index is 2.54. The largest absolute Gasteiger partial charge is 0.309 e. The third kappa shape index (κ3) is 4.11. The molecule has 10 rings (SSSR count). The molecule has 1 nitrogen and oxygen atoms in total. The van der Waals surface area contributed by atoms with Crippen molar-refractivity contribution in [2.45, 2.75) is 57.8 Å². The van der Waals surface area contributed by atoms with Gasteiger partial charge in [0.25, 0.3) is 0 Å². The van der Waals surface area contributed by atoms with E-state index in [-0.39, 0.29) is 16.2 Å². The molecule has 7 aromatic rings. The summed E-state index contributed by atoms with van der Waals surface area (Å²) in [5, 5.41) is 0. The van der Waals surface area contributed by atoms with E-state index in [1.165, 1.54) is 89.3 Å². The van der Waals surface area contributed by atoms with Crippen LogP contribution in [0.3, 0.4) is 0 Å². The van der Waals surface area contributed by atoms with Gasteiger partial charge in [-0.1, -0.05) is 163 Å². The zero-order valence-corrected chi connectivity index (χ0v) is 30.9. The Morgan fingerprint density at radius 2 is 0.731 bits per heavy atom. The fraction of sp³-hybridized carbons (Fsp3) is 0.176. The van der Waals surface area contributed by atoms with Gasteiger partial charge in [0.15, 0.2) is 0 Å². The average Bonchev–Trinajstić information content (AvgIpc) is 3.66. The molecule has 0 N–H and O–H groups in total. The quantitative estimate of drug-likeness (QED) is 0.180. The molecular formula is C51H43N. The van der Waals surface area contributed by atoms with Crippen LogP contribution in [-0.2, 0) is 16.2 Å². The molecule has 0 fully saturated rings. The fourth-order valence-corrected chi connectivity index (χ4v) is 9.94. The van der Waals surface area contributed by atoms with Crippen LogP contribution in [0, 0.1) is 0 Å². The molecule has 0 spiro atoms. The molecule has 0 saturated heterocycles. The van der Waals surface area contributed by atoms with Gasteiger partial charge in [-0.2, -0.15) is 0 Å². The molecule has 3 aliphatic carbocycles. The summed E-state index contributed by atoms with van der Waals surface area (Å²) in [4.78, 5) is 2.54. The van der Waals surface area contributed by atoms with Gasteiger partial charge < -0.3 is 4.90 Å². The van der Waals surface area contributed by atoms with Crippen molar-refractivity contribution in [2.24, 2.45) is 0 Å². The number of hydrogen-bond acceptors (Lipinski definition) is 1. The van der Waals surface area contributed by atoms with Crippen molar-refractivity contribution in [3.05, 3.63) is 185 Å². The highest BCUT2D eigenvalue weighted by Crippen LogP contribution is 2.58. The van der Waals surface area contributed by atoms with E-state index in [2.05, 4.69) is 198 Å². The second-order valence-corrected chi connectivity index (χ2v) is 16.6. The van der Waals surface area contributed by atoms with Crippen LogP contribution < -0.4 is 4.90 Å². The lowest BCUT2D eigenvalue weighted by Gasteiger charge is -2.31. The number of fused-ring (bicyclic) bond motifs is 9. The fourth-order valence-electron chi connectivity index (χ4n) is 9.94. The summed E-state index contributed by atoms with van der Waals surface area (Å²) >= 11 is 0. The molecule has 0 aliphatic heterocycles. The summed E-state index contributed by atoms with van der Waals surface area (Å²) in [5.74, 6) is 0. The van der Waals surface area contributed by atoms with Crippen LogP contribution in [0.1, 0.15) is 74.9 Å². The van der Waals surface area contributed by atoms with Gasteiger partial charge in [0, 0.05) is 33.1 Å². The van der Waals surface area contributed by atoms with Gasteiger partial charge >= 0.3 is 0 Å². The van der Waals surface area contributed by atoms with Crippen molar-refractivity contribution in [3.8, 4) is 44.5 Å². The summed E-state index contributed by atoms with van der Waals surface area (Å²) in [6.07, 6.45) is 0. The minimum Gasteiger partial charge on any atom is -0.309 e. The van der Waals surface area contributed by atoms with Crippen LogP contribution in [0.15, 0.2) is 152 Å². The Hall–Kier alpha value is -5.66. The molecule has 0 amide bonds. The summed E-state index contributed by atoms with van der Waals surface area (Å²) < 4.78 is 0. The van der Waals surface area contributed by atoms with Crippen LogP contribution in [0.4, 0.5) is 17.1 Å². The minimum atomic E-state index is -0.0916. The lowest BCUT2D eigenvalue weighted by molar-refractivity contribution is 0.660. The van der Waals surface area contributed by atoms with Crippen molar-refractivity contribution in [1.82, 2.24) is 0 Å². The zero-order chi connectivity index (χ0) is 35.6. The van der Waals surface area contributed by atoms with Crippen LogP contribution in [0.2, 0.25) is 0 Å². The Kier molecular flexibility index (Phi) is 6.39. The molecule has 3 aliphatic rings. The molecule has 1 heteroatoms. The maximum absolute atomic E-state index is 2.54. The second kappa shape index (κ2) is 10.7. The van der Waals surface area contributed by atoms with Gasteiger partial charge in [-0.25, -0.2) is 0 Å². The van der Waals surface area contributed by atoms with Gasteiger partial charge in [-0.05, 0) is 97.1 Å². The van der Waals surface area contributed by atoms with Gasteiger partial charge in [-0.15, -0.1) is 0 Å². The van der Waals surface area contributed by atoms with Gasteiger partial charge in [0.1, 0.15) is 0 Å². The maximum Gasteiger partial charge on any atom is 0.0543 e. The molecule has 0 saturated carbocycles. The summed E-state index contributed by atoms with van der Waals surface area (Å²) in [5.41, 5.74) is 22.2. The van der Waals surface area contributed by atoms with E-state index in [4.69, 9.17) is 0 Å². The topological polar surface area (TPSA) is 3.24 Å². The summed E-state index contributed by atoms with van der Waals surface area (Å²) in [6, 6.07) is 57.1. The first-order chi connectivity index (χ1) is 25.1. The van der Waals surface area contributed by atoms with Gasteiger partial charge in [0.2, 0.25) is 0 Å². The van der Waals surface area contributed by atoms with Crippen molar-refractivity contribution < 1.29 is 0 Å². The Morgan fingerprint density at radius 1 is 0.327 bits per heavy atom. The van der Waals surface area contributed by atoms with Crippen molar-refractivity contribution in [3.63, 3.8) is 0 Å². The minimum absolute atomic E-state index is 0.0335. The molecule has 7 aromatic carbocycles. The lowest BCUT2D eigenvalue weighted by Crippen LogP contribution is -2.17. The predicted molar refractivity (Wildman–Crippen MR) is 219 cm³/mol. The van der Waals surface area contributed by atoms with E-state index in [1.54, 1.807) is 0 Å². The molecular weight excluding hydrogens is 627 g/mol. The predicted octanol–water partition coefficient (Wildman–Crippen LogP) is 13.7. The van der Waals surface area contributed by atoms with Gasteiger partial charge in [-0.3, -0.25) is 0 Å². The SMILES string of the molecule is CC1(C)c2ccccc2-c2ccc(-c3ccc(N(c4cccc5c4-c4ccccc4C5(C)C)c4cccc5c4-c4ccccc4C5(C)C)cc3)cc21. The molecule has 0 bridgehead atoms. The number of rotatable bonds is 4. The van der Waals surface area contributed by atoms with Gasteiger partial charge in [0.05, 0.1) is 11.4 Å². The van der Waals surface area contributed by atoms with E-state index in [9.17, 15) is 0 Å². The van der Waals surface area contributed by atoms with Crippen molar-refractivity contribution >= 4 is 17.1 Å².